The van der Waals surface area contributed by atoms with Gasteiger partial charge in [-0.3, -0.25) is 9.89 Å². The molecule has 0 aromatic carbocycles. The van der Waals surface area contributed by atoms with Gasteiger partial charge >= 0.3 is 6.09 Å². The van der Waals surface area contributed by atoms with Crippen LogP contribution in [0.25, 0.3) is 0 Å². The zero-order valence-electron chi connectivity index (χ0n) is 12.0. The van der Waals surface area contributed by atoms with Crippen LogP contribution in [0.2, 0.25) is 0 Å². The van der Waals surface area contributed by atoms with E-state index >= 15 is 0 Å². The van der Waals surface area contributed by atoms with Gasteiger partial charge in [-0.2, -0.15) is 5.10 Å². The lowest BCUT2D eigenvalue weighted by atomic mass is 10.2. The lowest BCUT2D eigenvalue weighted by molar-refractivity contribution is 0.0290. The summed E-state index contributed by atoms with van der Waals surface area (Å²) in [6.07, 6.45) is 1.97. The maximum Gasteiger partial charge on any atom is 0.410 e. The van der Waals surface area contributed by atoms with Crippen molar-refractivity contribution in [2.24, 2.45) is 0 Å². The van der Waals surface area contributed by atoms with Crippen LogP contribution < -0.4 is 5.32 Å². The summed E-state index contributed by atoms with van der Waals surface area (Å²) in [6.45, 7) is 6.54. The van der Waals surface area contributed by atoms with Gasteiger partial charge in [0.15, 0.2) is 0 Å². The van der Waals surface area contributed by atoms with E-state index in [1.54, 1.807) is 17.2 Å². The Bertz CT molecular complexity index is 478. The van der Waals surface area contributed by atoms with Gasteiger partial charge in [0.2, 0.25) is 0 Å². The van der Waals surface area contributed by atoms with Crippen LogP contribution in [0.5, 0.6) is 0 Å². The molecular weight excluding hydrogens is 260 g/mol. The number of nitrogens with one attached hydrogen (secondary N) is 2. The van der Waals surface area contributed by atoms with Crippen molar-refractivity contribution in [1.29, 1.82) is 0 Å². The maximum atomic E-state index is 11.9. The predicted octanol–water partition coefficient (Wildman–Crippen LogP) is 1.15. The summed E-state index contributed by atoms with van der Waals surface area (Å²) in [7, 11) is 0. The van der Waals surface area contributed by atoms with Crippen LogP contribution in [0.4, 0.5) is 4.79 Å². The molecule has 7 nitrogen and oxygen atoms in total. The number of carbonyl (C=O) groups excluding carboxylic acids is 2. The van der Waals surface area contributed by atoms with Crippen LogP contribution in [-0.2, 0) is 4.74 Å². The molecule has 1 aromatic heterocycles. The van der Waals surface area contributed by atoms with Crippen molar-refractivity contribution in [2.75, 3.05) is 13.1 Å². The van der Waals surface area contributed by atoms with Gasteiger partial charge in [-0.1, -0.05) is 0 Å². The Hall–Kier alpha value is -2.05. The summed E-state index contributed by atoms with van der Waals surface area (Å²) >= 11 is 0. The number of aromatic amines is 1. The fourth-order valence-corrected chi connectivity index (χ4v) is 2.02. The second kappa shape index (κ2) is 5.52. The van der Waals surface area contributed by atoms with Gasteiger partial charge in [0.25, 0.3) is 5.91 Å². The molecule has 1 aliphatic heterocycles. The molecule has 0 bridgehead atoms. The molecule has 0 spiro atoms. The zero-order chi connectivity index (χ0) is 14.8. The fourth-order valence-electron chi connectivity index (χ4n) is 2.02. The lowest BCUT2D eigenvalue weighted by Gasteiger charge is -2.24. The first-order valence-corrected chi connectivity index (χ1v) is 6.64. The Kier molecular flexibility index (Phi) is 3.96. The second-order valence-electron chi connectivity index (χ2n) is 5.84. The van der Waals surface area contributed by atoms with E-state index in [2.05, 4.69) is 15.5 Å². The van der Waals surface area contributed by atoms with E-state index < -0.39 is 5.60 Å². The third kappa shape index (κ3) is 3.72. The van der Waals surface area contributed by atoms with Crippen molar-refractivity contribution >= 4 is 12.0 Å². The summed E-state index contributed by atoms with van der Waals surface area (Å²) in [4.78, 5) is 25.3. The topological polar surface area (TPSA) is 87.3 Å². The number of aromatic nitrogens is 2. The third-order valence-electron chi connectivity index (χ3n) is 2.91. The Morgan fingerprint density at radius 3 is 2.85 bits per heavy atom. The van der Waals surface area contributed by atoms with Crippen molar-refractivity contribution in [3.63, 3.8) is 0 Å². The molecule has 2 rings (SSSR count). The molecule has 2 heterocycles. The summed E-state index contributed by atoms with van der Waals surface area (Å²) < 4.78 is 5.30. The second-order valence-corrected chi connectivity index (χ2v) is 5.84. The summed E-state index contributed by atoms with van der Waals surface area (Å²) in [5.41, 5.74) is -0.159. The average molecular weight is 280 g/mol. The molecule has 7 heteroatoms. The number of carbonyl (C=O) groups is 2. The molecule has 0 radical (unpaired) electrons. The zero-order valence-corrected chi connectivity index (χ0v) is 12.0. The highest BCUT2D eigenvalue weighted by molar-refractivity contribution is 5.92. The first kappa shape index (κ1) is 14.4. The minimum Gasteiger partial charge on any atom is -0.444 e. The predicted molar refractivity (Wildman–Crippen MR) is 72.3 cm³/mol. The number of amides is 2. The fraction of sp³-hybridized carbons (Fsp3) is 0.615. The molecule has 1 fully saturated rings. The Morgan fingerprint density at radius 2 is 2.25 bits per heavy atom. The number of nitrogens with zero attached hydrogens (tertiary/aromatic N) is 2. The van der Waals surface area contributed by atoms with Gasteiger partial charge in [0.1, 0.15) is 11.3 Å². The number of H-pyrrole nitrogens is 1. The number of rotatable bonds is 2. The number of hydrogen-bond acceptors (Lipinski definition) is 4. The van der Waals surface area contributed by atoms with E-state index in [4.69, 9.17) is 4.74 Å². The van der Waals surface area contributed by atoms with Crippen LogP contribution >= 0.6 is 0 Å². The molecule has 0 unspecified atom stereocenters. The van der Waals surface area contributed by atoms with Crippen LogP contribution in [0.1, 0.15) is 37.7 Å². The highest BCUT2D eigenvalue weighted by Gasteiger charge is 2.30. The molecule has 1 aromatic rings. The highest BCUT2D eigenvalue weighted by Crippen LogP contribution is 2.15. The lowest BCUT2D eigenvalue weighted by Crippen LogP contribution is -2.40. The van der Waals surface area contributed by atoms with Gasteiger partial charge in [-0.15, -0.1) is 0 Å². The molecule has 1 saturated heterocycles. The van der Waals surface area contributed by atoms with Crippen LogP contribution in [-0.4, -0.2) is 51.8 Å². The quantitative estimate of drug-likeness (QED) is 0.850. The highest BCUT2D eigenvalue weighted by atomic mass is 16.6. The van der Waals surface area contributed by atoms with Crippen LogP contribution in [0.3, 0.4) is 0 Å². The van der Waals surface area contributed by atoms with E-state index in [-0.39, 0.29) is 18.0 Å². The molecule has 0 aliphatic carbocycles. The number of likely N-dealkylation sites (tertiary alicyclic amines) is 1. The average Bonchev–Trinajstić information content (AvgIpc) is 2.97. The van der Waals surface area contributed by atoms with Crippen molar-refractivity contribution in [3.8, 4) is 0 Å². The minimum absolute atomic E-state index is 0.0632. The maximum absolute atomic E-state index is 11.9. The Morgan fingerprint density at radius 1 is 1.50 bits per heavy atom. The summed E-state index contributed by atoms with van der Waals surface area (Å²) in [6, 6.07) is 1.54. The number of hydrogen-bond donors (Lipinski definition) is 2. The number of ether oxygens (including phenoxy) is 1. The van der Waals surface area contributed by atoms with Gasteiger partial charge in [-0.25, -0.2) is 4.79 Å². The van der Waals surface area contributed by atoms with E-state index in [1.807, 2.05) is 20.8 Å². The first-order valence-electron chi connectivity index (χ1n) is 6.64. The molecule has 110 valence electrons. The Labute approximate surface area is 117 Å². The summed E-state index contributed by atoms with van der Waals surface area (Å²) in [5, 5.41) is 9.27. The largest absolute Gasteiger partial charge is 0.444 e. The van der Waals surface area contributed by atoms with Crippen molar-refractivity contribution in [3.05, 3.63) is 18.0 Å². The molecular formula is C13H20N4O3. The van der Waals surface area contributed by atoms with E-state index in [1.165, 1.54) is 0 Å². The van der Waals surface area contributed by atoms with Gasteiger partial charge in [-0.05, 0) is 33.3 Å². The summed E-state index contributed by atoms with van der Waals surface area (Å²) in [5.74, 6) is -0.234. The van der Waals surface area contributed by atoms with E-state index in [9.17, 15) is 9.59 Å². The van der Waals surface area contributed by atoms with E-state index in [0.29, 0.717) is 18.8 Å². The minimum atomic E-state index is -0.506. The standard InChI is InChI=1S/C13H20N4O3/c1-13(2,3)20-12(19)17-7-5-9(8-17)15-11(18)10-4-6-14-16-10/h4,6,9H,5,7-8H2,1-3H3,(H,14,16)(H,15,18)/t9-/m1/s1. The molecule has 20 heavy (non-hydrogen) atoms. The molecule has 0 saturated carbocycles. The van der Waals surface area contributed by atoms with Crippen LogP contribution in [0, 0.1) is 0 Å². The molecule has 1 atom stereocenters. The van der Waals surface area contributed by atoms with Gasteiger partial charge < -0.3 is 15.0 Å². The molecule has 2 N–H and O–H groups in total. The third-order valence-corrected chi connectivity index (χ3v) is 2.91. The monoisotopic (exact) mass is 280 g/mol. The van der Waals surface area contributed by atoms with E-state index in [0.717, 1.165) is 6.42 Å². The smallest absolute Gasteiger partial charge is 0.410 e. The SMILES string of the molecule is CC(C)(C)OC(=O)N1CC[C@@H](NC(=O)c2cc[nH]n2)C1. The van der Waals surface area contributed by atoms with Crippen LogP contribution in [0.15, 0.2) is 12.3 Å². The van der Waals surface area contributed by atoms with Crippen molar-refractivity contribution < 1.29 is 14.3 Å². The van der Waals surface area contributed by atoms with Gasteiger partial charge in [0.05, 0.1) is 0 Å². The normalized spacial score (nSPS) is 18.9. The Balaban J connectivity index is 1.83. The molecule has 2 amide bonds. The van der Waals surface area contributed by atoms with Crippen molar-refractivity contribution in [1.82, 2.24) is 20.4 Å². The first-order chi connectivity index (χ1) is 9.35. The van der Waals surface area contributed by atoms with Crippen molar-refractivity contribution in [2.45, 2.75) is 38.8 Å². The van der Waals surface area contributed by atoms with Gasteiger partial charge in [0, 0.05) is 25.3 Å². The molecule has 1 aliphatic rings.